The summed E-state index contributed by atoms with van der Waals surface area (Å²) in [7, 11) is -1.25. The Hall–Kier alpha value is -1.16. The molecule has 0 unspecified atom stereocenters. The summed E-state index contributed by atoms with van der Waals surface area (Å²) in [4.78, 5) is 10.0. The molecule has 0 aromatic heterocycles. The van der Waals surface area contributed by atoms with Crippen molar-refractivity contribution >= 4 is 14.9 Å². The van der Waals surface area contributed by atoms with Gasteiger partial charge in [0.25, 0.3) is 0 Å². The van der Waals surface area contributed by atoms with E-state index in [4.69, 9.17) is 0 Å². The second-order valence-corrected chi connectivity index (χ2v) is 3.63. The summed E-state index contributed by atoms with van der Waals surface area (Å²) in [6.07, 6.45) is 0. The van der Waals surface area contributed by atoms with E-state index >= 15 is 0 Å². The maximum atomic E-state index is 10.0. The van der Waals surface area contributed by atoms with E-state index in [0.29, 0.717) is 0 Å². The van der Waals surface area contributed by atoms with Crippen LogP contribution in [0.3, 0.4) is 0 Å². The molecule has 0 amide bonds. The van der Waals surface area contributed by atoms with E-state index in [2.05, 4.69) is 0 Å². The van der Waals surface area contributed by atoms with Crippen LogP contribution in [0.1, 0.15) is 0 Å². The molecule has 1 aromatic carbocycles. The highest BCUT2D eigenvalue weighted by Gasteiger charge is 2.01. The zero-order valence-electron chi connectivity index (χ0n) is 5.36. The topological polar surface area (TPSA) is 43.1 Å². The molecule has 0 atom stereocenters. The summed E-state index contributed by atoms with van der Waals surface area (Å²) in [5, 5.41) is 10.9. The third-order valence-corrected chi connectivity index (χ3v) is 2.25. The summed E-state index contributed by atoms with van der Waals surface area (Å²) in [6.45, 7) is 0. The van der Waals surface area contributed by atoms with Crippen LogP contribution in [-0.4, -0.2) is 14.3 Å². The first-order valence-electron chi connectivity index (χ1n) is 2.95. The molecule has 1 aromatic rings. The highest BCUT2D eigenvalue weighted by molar-refractivity contribution is 6.45. The van der Waals surface area contributed by atoms with Crippen molar-refractivity contribution in [3.8, 4) is 0 Å². The molecule has 0 fully saturated rings. The van der Waals surface area contributed by atoms with Gasteiger partial charge in [-0.25, -0.2) is 0 Å². The van der Waals surface area contributed by atoms with Crippen molar-refractivity contribution in [3.63, 3.8) is 0 Å². The van der Waals surface area contributed by atoms with Gasteiger partial charge in [-0.3, -0.25) is 10.1 Å². The van der Waals surface area contributed by atoms with Crippen molar-refractivity contribution < 1.29 is 4.59 Å². The average molecular weight is 153 g/mol. The molecule has 0 saturated heterocycles. The molecule has 0 bridgehead atoms. The van der Waals surface area contributed by atoms with Gasteiger partial charge >= 0.3 is 9.68 Å². The SMILES string of the molecule is O=[N+]([O-])[SiH2]c1ccccc1. The van der Waals surface area contributed by atoms with Gasteiger partial charge in [0.1, 0.15) is 0 Å². The quantitative estimate of drug-likeness (QED) is 0.332. The molecule has 0 radical (unpaired) electrons. The Labute approximate surface area is 60.7 Å². The number of hydrogen-bond acceptors (Lipinski definition) is 2. The number of benzene rings is 1. The van der Waals surface area contributed by atoms with Crippen LogP contribution in [0.4, 0.5) is 0 Å². The van der Waals surface area contributed by atoms with E-state index in [-0.39, 0.29) is 4.59 Å². The Morgan fingerprint density at radius 1 is 1.30 bits per heavy atom. The van der Waals surface area contributed by atoms with Gasteiger partial charge < -0.3 is 0 Å². The van der Waals surface area contributed by atoms with E-state index in [0.717, 1.165) is 5.19 Å². The van der Waals surface area contributed by atoms with Crippen LogP contribution in [0.5, 0.6) is 0 Å². The smallest absolute Gasteiger partial charge is 0.290 e. The fourth-order valence-electron chi connectivity index (χ4n) is 0.732. The molecule has 52 valence electrons. The number of nitro groups is 1. The predicted octanol–water partition coefficient (Wildman–Crippen LogP) is -0.328. The highest BCUT2D eigenvalue weighted by Crippen LogP contribution is 1.80. The van der Waals surface area contributed by atoms with Crippen LogP contribution in [-0.2, 0) is 0 Å². The fraction of sp³-hybridized carbons (Fsp3) is 0. The Morgan fingerprint density at radius 2 is 1.90 bits per heavy atom. The molecular weight excluding hydrogens is 146 g/mol. The molecule has 3 nitrogen and oxygen atoms in total. The number of nitrogens with zero attached hydrogens (tertiary/aromatic N) is 1. The van der Waals surface area contributed by atoms with E-state index in [1.165, 1.54) is 0 Å². The van der Waals surface area contributed by atoms with Gasteiger partial charge in [0.15, 0.2) is 0 Å². The van der Waals surface area contributed by atoms with Crippen molar-refractivity contribution in [3.05, 3.63) is 40.4 Å². The monoisotopic (exact) mass is 153 g/mol. The standard InChI is InChI=1S/C6H7NO2Si/c8-7(9)10-6-4-2-1-3-5-6/h1-5H,10H2. The summed E-state index contributed by atoms with van der Waals surface area (Å²) in [5.74, 6) is 0. The molecule has 0 aliphatic heterocycles. The summed E-state index contributed by atoms with van der Waals surface area (Å²) >= 11 is 0. The van der Waals surface area contributed by atoms with Crippen molar-refractivity contribution in [2.24, 2.45) is 0 Å². The normalized spacial score (nSPS) is 10.4. The molecular formula is C6H7NO2Si. The Bertz CT molecular complexity index is 224. The molecule has 0 aliphatic carbocycles. The molecule has 0 spiro atoms. The van der Waals surface area contributed by atoms with Gasteiger partial charge in [0.05, 0.1) is 0 Å². The van der Waals surface area contributed by atoms with Crippen LogP contribution in [0.2, 0.25) is 0 Å². The van der Waals surface area contributed by atoms with E-state index in [9.17, 15) is 10.1 Å². The summed E-state index contributed by atoms with van der Waals surface area (Å²) in [5.41, 5.74) is 0. The Morgan fingerprint density at radius 3 is 2.40 bits per heavy atom. The van der Waals surface area contributed by atoms with Gasteiger partial charge in [0.2, 0.25) is 0 Å². The molecule has 1 rings (SSSR count). The molecule has 10 heavy (non-hydrogen) atoms. The number of rotatable bonds is 2. The van der Waals surface area contributed by atoms with Crippen LogP contribution < -0.4 is 5.19 Å². The first kappa shape index (κ1) is 6.95. The lowest BCUT2D eigenvalue weighted by Crippen LogP contribution is -2.21. The van der Waals surface area contributed by atoms with Crippen molar-refractivity contribution in [1.29, 1.82) is 0 Å². The van der Waals surface area contributed by atoms with E-state index < -0.39 is 9.68 Å². The van der Waals surface area contributed by atoms with Gasteiger partial charge in [-0.15, -0.1) is 0 Å². The molecule has 4 heteroatoms. The Balaban J connectivity index is 2.67. The van der Waals surface area contributed by atoms with Crippen molar-refractivity contribution in [1.82, 2.24) is 0 Å². The summed E-state index contributed by atoms with van der Waals surface area (Å²) in [6, 6.07) is 9.11. The zero-order chi connectivity index (χ0) is 7.40. The number of hydrogen-bond donors (Lipinski definition) is 0. The first-order valence-corrected chi connectivity index (χ1v) is 4.29. The Kier molecular flexibility index (Phi) is 2.17. The summed E-state index contributed by atoms with van der Waals surface area (Å²) < 4.78 is -0.199. The second-order valence-electron chi connectivity index (χ2n) is 1.98. The lowest BCUT2D eigenvalue weighted by atomic mass is 10.4. The molecule has 0 N–H and O–H groups in total. The zero-order valence-corrected chi connectivity index (χ0v) is 6.77. The van der Waals surface area contributed by atoms with E-state index in [1.807, 2.05) is 18.2 Å². The fourth-order valence-corrected chi connectivity index (χ4v) is 1.51. The van der Waals surface area contributed by atoms with E-state index in [1.54, 1.807) is 12.1 Å². The third-order valence-electron chi connectivity index (χ3n) is 1.15. The van der Waals surface area contributed by atoms with Crippen LogP contribution in [0.25, 0.3) is 0 Å². The largest absolute Gasteiger partial charge is 0.429 e. The van der Waals surface area contributed by atoms with Gasteiger partial charge in [-0.2, -0.15) is 0 Å². The van der Waals surface area contributed by atoms with Gasteiger partial charge in [0, 0.05) is 5.19 Å². The van der Waals surface area contributed by atoms with Gasteiger partial charge in [-0.1, -0.05) is 34.9 Å². The van der Waals surface area contributed by atoms with Gasteiger partial charge in [-0.05, 0) is 0 Å². The maximum absolute atomic E-state index is 10.0. The predicted molar refractivity (Wildman–Crippen MR) is 41.6 cm³/mol. The average Bonchev–Trinajstić information content (AvgIpc) is 1.88. The van der Waals surface area contributed by atoms with Crippen molar-refractivity contribution in [2.45, 2.75) is 0 Å². The first-order chi connectivity index (χ1) is 4.79. The molecule has 0 aliphatic rings. The minimum absolute atomic E-state index is 0.199. The minimum Gasteiger partial charge on any atom is -0.290 e. The van der Waals surface area contributed by atoms with Crippen LogP contribution in [0.15, 0.2) is 30.3 Å². The molecule has 0 saturated carbocycles. The minimum atomic E-state index is -1.25. The lowest BCUT2D eigenvalue weighted by molar-refractivity contribution is -0.318. The second kappa shape index (κ2) is 3.12. The van der Waals surface area contributed by atoms with Crippen molar-refractivity contribution in [2.75, 3.05) is 0 Å². The maximum Gasteiger partial charge on any atom is 0.429 e. The highest BCUT2D eigenvalue weighted by atomic mass is 28.2. The third kappa shape index (κ3) is 1.98. The van der Waals surface area contributed by atoms with Crippen LogP contribution in [0, 0.1) is 10.1 Å². The lowest BCUT2D eigenvalue weighted by Gasteiger charge is -1.89. The van der Waals surface area contributed by atoms with Crippen LogP contribution >= 0.6 is 0 Å². The molecule has 0 heterocycles.